The van der Waals surface area contributed by atoms with E-state index in [4.69, 9.17) is 4.74 Å². The summed E-state index contributed by atoms with van der Waals surface area (Å²) in [5, 5.41) is 0. The summed E-state index contributed by atoms with van der Waals surface area (Å²) in [7, 11) is 0.982. The lowest BCUT2D eigenvalue weighted by atomic mass is 10.0. The number of hydrogen-bond acceptors (Lipinski definition) is 5. The molecule has 4 rings (SSSR count). The van der Waals surface area contributed by atoms with Crippen LogP contribution >= 0.6 is 0 Å². The van der Waals surface area contributed by atoms with Crippen LogP contribution in [0, 0.1) is 0 Å². The molecule has 0 atom stereocenters. The standard InChI is InChI=1S/C31H29NO5S/c1-32(2)31(34)27-14-8-13-25(19-27)26-15-16-29(37-3)30(20-26)38(35,36)21-23-10-7-9-22(17-23)18-28(33)24-11-5-4-6-12-24/h4-17,19-20H,18,21H2,1-3H3. The van der Waals surface area contributed by atoms with Crippen molar-refractivity contribution in [2.24, 2.45) is 0 Å². The number of Topliss-reactive ketones (excluding diaryl/α,β-unsaturated/α-hetero) is 1. The van der Waals surface area contributed by atoms with Gasteiger partial charge in [-0.15, -0.1) is 0 Å². The first-order valence-electron chi connectivity index (χ1n) is 12.1. The van der Waals surface area contributed by atoms with Crippen molar-refractivity contribution in [2.75, 3.05) is 21.2 Å². The largest absolute Gasteiger partial charge is 0.495 e. The molecule has 0 saturated carbocycles. The summed E-state index contributed by atoms with van der Waals surface area (Å²) in [6.07, 6.45) is 0.179. The molecule has 4 aromatic carbocycles. The molecule has 38 heavy (non-hydrogen) atoms. The van der Waals surface area contributed by atoms with Crippen LogP contribution in [0.3, 0.4) is 0 Å². The maximum atomic E-state index is 13.6. The zero-order valence-corrected chi connectivity index (χ0v) is 22.4. The van der Waals surface area contributed by atoms with Gasteiger partial charge in [-0.05, 0) is 46.5 Å². The van der Waals surface area contributed by atoms with E-state index in [9.17, 15) is 18.0 Å². The molecule has 6 nitrogen and oxygen atoms in total. The average molecular weight is 528 g/mol. The lowest BCUT2D eigenvalue weighted by Gasteiger charge is -2.14. The van der Waals surface area contributed by atoms with Crippen molar-refractivity contribution in [1.82, 2.24) is 4.90 Å². The first kappa shape index (κ1) is 26.8. The average Bonchev–Trinajstić information content (AvgIpc) is 2.92. The first-order chi connectivity index (χ1) is 18.2. The number of carbonyl (C=O) groups is 2. The van der Waals surface area contributed by atoms with Gasteiger partial charge < -0.3 is 9.64 Å². The van der Waals surface area contributed by atoms with Crippen LogP contribution in [0.15, 0.2) is 102 Å². The van der Waals surface area contributed by atoms with Gasteiger partial charge in [-0.1, -0.05) is 72.8 Å². The Bertz CT molecular complexity index is 1580. The molecule has 1 amide bonds. The summed E-state index contributed by atoms with van der Waals surface area (Å²) in [5.41, 5.74) is 3.82. The Hall–Kier alpha value is -4.23. The minimum Gasteiger partial charge on any atom is -0.495 e. The zero-order chi connectivity index (χ0) is 27.3. The first-order valence-corrected chi connectivity index (χ1v) is 13.7. The predicted molar refractivity (Wildman–Crippen MR) is 148 cm³/mol. The maximum Gasteiger partial charge on any atom is 0.253 e. The number of sulfone groups is 1. The van der Waals surface area contributed by atoms with Crippen LogP contribution in [-0.2, 0) is 22.0 Å². The third-order valence-corrected chi connectivity index (χ3v) is 7.86. The number of methoxy groups -OCH3 is 1. The van der Waals surface area contributed by atoms with E-state index in [1.54, 1.807) is 80.8 Å². The van der Waals surface area contributed by atoms with Crippen molar-refractivity contribution in [1.29, 1.82) is 0 Å². The number of ether oxygens (including phenoxy) is 1. The minimum atomic E-state index is -3.81. The third kappa shape index (κ3) is 6.18. The van der Waals surface area contributed by atoms with Crippen molar-refractivity contribution in [3.63, 3.8) is 0 Å². The highest BCUT2D eigenvalue weighted by molar-refractivity contribution is 7.90. The van der Waals surface area contributed by atoms with Gasteiger partial charge in [0.15, 0.2) is 15.6 Å². The van der Waals surface area contributed by atoms with Gasteiger partial charge in [-0.2, -0.15) is 0 Å². The van der Waals surface area contributed by atoms with Crippen LogP contribution in [0.1, 0.15) is 31.8 Å². The summed E-state index contributed by atoms with van der Waals surface area (Å²) < 4.78 is 32.5. The van der Waals surface area contributed by atoms with Gasteiger partial charge in [0.25, 0.3) is 5.91 Å². The Morgan fingerprint density at radius 2 is 1.39 bits per heavy atom. The van der Waals surface area contributed by atoms with Gasteiger partial charge in [0.2, 0.25) is 0 Å². The van der Waals surface area contributed by atoms with E-state index in [2.05, 4.69) is 0 Å². The number of benzene rings is 4. The van der Waals surface area contributed by atoms with Crippen molar-refractivity contribution in [3.8, 4) is 16.9 Å². The molecule has 0 radical (unpaired) electrons. The van der Waals surface area contributed by atoms with Gasteiger partial charge in [-0.3, -0.25) is 9.59 Å². The molecule has 0 aliphatic heterocycles. The topological polar surface area (TPSA) is 80.8 Å². The fourth-order valence-corrected chi connectivity index (χ4v) is 5.77. The van der Waals surface area contributed by atoms with Gasteiger partial charge in [0.1, 0.15) is 10.6 Å². The second-order valence-corrected chi connectivity index (χ2v) is 11.1. The Kier molecular flexibility index (Phi) is 8.08. The normalized spacial score (nSPS) is 11.1. The summed E-state index contributed by atoms with van der Waals surface area (Å²) in [5.74, 6) is -0.183. The molecule has 194 valence electrons. The Morgan fingerprint density at radius 1 is 0.737 bits per heavy atom. The van der Waals surface area contributed by atoms with Gasteiger partial charge in [-0.25, -0.2) is 8.42 Å². The van der Waals surface area contributed by atoms with Crippen LogP contribution in [0.25, 0.3) is 11.1 Å². The predicted octanol–water partition coefficient (Wildman–Crippen LogP) is 5.46. The van der Waals surface area contributed by atoms with Crippen molar-refractivity contribution in [3.05, 3.63) is 119 Å². The molecule has 0 heterocycles. The molecule has 0 fully saturated rings. The molecular weight excluding hydrogens is 498 g/mol. The number of nitrogens with zero attached hydrogens (tertiary/aromatic N) is 1. The molecule has 0 spiro atoms. The van der Waals surface area contributed by atoms with Gasteiger partial charge >= 0.3 is 0 Å². The Balaban J connectivity index is 1.62. The van der Waals surface area contributed by atoms with E-state index >= 15 is 0 Å². The minimum absolute atomic E-state index is 0.0324. The monoisotopic (exact) mass is 527 g/mol. The molecule has 0 aromatic heterocycles. The molecule has 0 aliphatic rings. The summed E-state index contributed by atoms with van der Waals surface area (Å²) in [6.45, 7) is 0. The molecule has 4 aromatic rings. The number of amides is 1. The van der Waals surface area contributed by atoms with Crippen LogP contribution in [0.4, 0.5) is 0 Å². The van der Waals surface area contributed by atoms with Crippen LogP contribution < -0.4 is 4.74 Å². The second-order valence-electron chi connectivity index (χ2n) is 9.19. The fourth-order valence-electron chi connectivity index (χ4n) is 4.23. The molecule has 0 unspecified atom stereocenters. The van der Waals surface area contributed by atoms with Crippen LogP contribution in [-0.4, -0.2) is 46.2 Å². The highest BCUT2D eigenvalue weighted by Gasteiger charge is 2.22. The molecular formula is C31H29NO5S. The second kappa shape index (κ2) is 11.4. The van der Waals surface area contributed by atoms with Crippen molar-refractivity contribution >= 4 is 21.5 Å². The molecule has 0 bridgehead atoms. The van der Waals surface area contributed by atoms with Crippen LogP contribution in [0.5, 0.6) is 5.75 Å². The molecule has 7 heteroatoms. The van der Waals surface area contributed by atoms with E-state index in [0.29, 0.717) is 22.3 Å². The zero-order valence-electron chi connectivity index (χ0n) is 21.5. The number of rotatable bonds is 9. The maximum absolute atomic E-state index is 13.6. The quantitative estimate of drug-likeness (QED) is 0.270. The van der Waals surface area contributed by atoms with Crippen molar-refractivity contribution in [2.45, 2.75) is 17.1 Å². The SMILES string of the molecule is COc1ccc(-c2cccc(C(=O)N(C)C)c2)cc1S(=O)(=O)Cc1cccc(CC(=O)c2ccccc2)c1. The van der Waals surface area contributed by atoms with Gasteiger partial charge in [0.05, 0.1) is 12.9 Å². The lowest BCUT2D eigenvalue weighted by Crippen LogP contribution is -2.21. The van der Waals surface area contributed by atoms with E-state index in [0.717, 1.165) is 11.1 Å². The highest BCUT2D eigenvalue weighted by atomic mass is 32.2. The van der Waals surface area contributed by atoms with E-state index in [1.807, 2.05) is 30.3 Å². The van der Waals surface area contributed by atoms with Gasteiger partial charge in [0, 0.05) is 31.6 Å². The molecule has 0 aliphatic carbocycles. The fraction of sp³-hybridized carbons (Fsp3) is 0.161. The Labute approximate surface area is 223 Å². The number of carbonyl (C=O) groups excluding carboxylic acids is 2. The van der Waals surface area contributed by atoms with Crippen LogP contribution in [0.2, 0.25) is 0 Å². The number of hydrogen-bond donors (Lipinski definition) is 0. The summed E-state index contributed by atoms with van der Waals surface area (Å²) in [6, 6.07) is 28.1. The van der Waals surface area contributed by atoms with Crippen molar-refractivity contribution < 1.29 is 22.7 Å². The molecule has 0 saturated heterocycles. The van der Waals surface area contributed by atoms with E-state index < -0.39 is 9.84 Å². The lowest BCUT2D eigenvalue weighted by molar-refractivity contribution is 0.0827. The highest BCUT2D eigenvalue weighted by Crippen LogP contribution is 2.32. The summed E-state index contributed by atoms with van der Waals surface area (Å²) in [4.78, 5) is 26.6. The Morgan fingerprint density at radius 3 is 2.11 bits per heavy atom. The summed E-state index contributed by atoms with van der Waals surface area (Å²) >= 11 is 0. The number of ketones is 1. The smallest absolute Gasteiger partial charge is 0.253 e. The van der Waals surface area contributed by atoms with E-state index in [-0.39, 0.29) is 34.5 Å². The molecule has 0 N–H and O–H groups in total. The van der Waals surface area contributed by atoms with E-state index in [1.165, 1.54) is 12.0 Å². The third-order valence-electron chi connectivity index (χ3n) is 6.16.